The van der Waals surface area contributed by atoms with E-state index in [4.69, 9.17) is 15.0 Å². The Bertz CT molecular complexity index is 2960. The Balaban J connectivity index is 1.10. The number of nitrogens with zero attached hydrogens (tertiary/aromatic N) is 4. The van der Waals surface area contributed by atoms with Crippen molar-refractivity contribution in [3.63, 3.8) is 0 Å². The molecule has 3 heterocycles. The number of fused-ring (bicyclic) bond motifs is 5. The van der Waals surface area contributed by atoms with Gasteiger partial charge in [-0.2, -0.15) is 0 Å². The van der Waals surface area contributed by atoms with Gasteiger partial charge in [0.25, 0.3) is 0 Å². The zero-order valence-electron chi connectivity index (χ0n) is 28.1. The van der Waals surface area contributed by atoms with E-state index >= 15 is 0 Å². The predicted octanol–water partition coefficient (Wildman–Crippen LogP) is 12.2. The van der Waals surface area contributed by atoms with Crippen LogP contribution in [0.4, 0.5) is 0 Å². The summed E-state index contributed by atoms with van der Waals surface area (Å²) in [6.45, 7) is 0. The molecule has 10 rings (SSSR count). The lowest BCUT2D eigenvalue weighted by molar-refractivity contribution is 1.19. The van der Waals surface area contributed by atoms with E-state index < -0.39 is 0 Å². The van der Waals surface area contributed by atoms with Crippen LogP contribution in [0.15, 0.2) is 182 Å². The van der Waals surface area contributed by atoms with Crippen LogP contribution >= 0.6 is 0 Å². The van der Waals surface area contributed by atoms with E-state index in [9.17, 15) is 0 Å². The fourth-order valence-electron chi connectivity index (χ4n) is 7.22. The Morgan fingerprint density at radius 1 is 0.308 bits per heavy atom. The van der Waals surface area contributed by atoms with Crippen LogP contribution in [-0.2, 0) is 0 Å². The highest BCUT2D eigenvalue weighted by Crippen LogP contribution is 2.37. The van der Waals surface area contributed by atoms with E-state index in [0.29, 0.717) is 5.82 Å². The van der Waals surface area contributed by atoms with E-state index in [1.165, 1.54) is 10.9 Å². The van der Waals surface area contributed by atoms with Gasteiger partial charge < -0.3 is 0 Å². The molecule has 0 aliphatic rings. The molecule has 0 aliphatic carbocycles. The standard InChI is InChI=1S/C48H30N4/c1-3-10-31(11-4-1)40-28-37-14-7-8-16-41(37)42(29-40)45-30-44(51-48(52-45)34-12-5-2-6-13-34)39-22-20-35-26-38(21-19-36(35)27-39)43-24-23-33-18-17-32-15-9-25-49-46(32)47(33)50-43/h1-30H. The van der Waals surface area contributed by atoms with Crippen molar-refractivity contribution >= 4 is 43.4 Å². The first kappa shape index (κ1) is 29.8. The van der Waals surface area contributed by atoms with Crippen molar-refractivity contribution in [3.8, 4) is 56.3 Å². The molecule has 52 heavy (non-hydrogen) atoms. The van der Waals surface area contributed by atoms with Crippen molar-refractivity contribution in [1.29, 1.82) is 0 Å². The number of benzene rings is 7. The molecule has 0 spiro atoms. The van der Waals surface area contributed by atoms with Gasteiger partial charge in [-0.15, -0.1) is 0 Å². The van der Waals surface area contributed by atoms with Crippen LogP contribution in [0, 0.1) is 0 Å². The van der Waals surface area contributed by atoms with Gasteiger partial charge in [0.2, 0.25) is 0 Å². The van der Waals surface area contributed by atoms with Crippen molar-refractivity contribution in [2.45, 2.75) is 0 Å². The quantitative estimate of drug-likeness (QED) is 0.172. The van der Waals surface area contributed by atoms with Gasteiger partial charge in [-0.3, -0.25) is 4.98 Å². The largest absolute Gasteiger partial charge is 0.254 e. The fourth-order valence-corrected chi connectivity index (χ4v) is 7.22. The van der Waals surface area contributed by atoms with Crippen LogP contribution in [0.3, 0.4) is 0 Å². The summed E-state index contributed by atoms with van der Waals surface area (Å²) in [5, 5.41) is 6.77. The summed E-state index contributed by atoms with van der Waals surface area (Å²) >= 11 is 0. The molecule has 0 saturated carbocycles. The van der Waals surface area contributed by atoms with Crippen molar-refractivity contribution in [3.05, 3.63) is 182 Å². The van der Waals surface area contributed by atoms with E-state index in [2.05, 4.69) is 157 Å². The van der Waals surface area contributed by atoms with E-state index in [0.717, 1.165) is 82.9 Å². The highest BCUT2D eigenvalue weighted by molar-refractivity contribution is 6.04. The first-order valence-corrected chi connectivity index (χ1v) is 17.5. The first-order valence-electron chi connectivity index (χ1n) is 17.5. The van der Waals surface area contributed by atoms with Gasteiger partial charge in [0.1, 0.15) is 0 Å². The van der Waals surface area contributed by atoms with Gasteiger partial charge >= 0.3 is 0 Å². The van der Waals surface area contributed by atoms with Gasteiger partial charge in [0.05, 0.1) is 28.1 Å². The monoisotopic (exact) mass is 662 g/mol. The second kappa shape index (κ2) is 12.4. The van der Waals surface area contributed by atoms with Gasteiger partial charge in [0, 0.05) is 39.2 Å². The second-order valence-electron chi connectivity index (χ2n) is 13.1. The Morgan fingerprint density at radius 3 is 1.69 bits per heavy atom. The fraction of sp³-hybridized carbons (Fsp3) is 0. The van der Waals surface area contributed by atoms with Crippen molar-refractivity contribution in [2.24, 2.45) is 0 Å². The molecule has 0 atom stereocenters. The molecule has 0 N–H and O–H groups in total. The topological polar surface area (TPSA) is 51.6 Å². The van der Waals surface area contributed by atoms with Crippen LogP contribution in [0.25, 0.3) is 99.6 Å². The number of hydrogen-bond donors (Lipinski definition) is 0. The van der Waals surface area contributed by atoms with Crippen LogP contribution < -0.4 is 0 Å². The van der Waals surface area contributed by atoms with Crippen LogP contribution in [0.2, 0.25) is 0 Å². The number of hydrogen-bond acceptors (Lipinski definition) is 4. The van der Waals surface area contributed by atoms with Crippen LogP contribution in [0.1, 0.15) is 0 Å². The molecule has 0 saturated heterocycles. The van der Waals surface area contributed by atoms with Crippen molar-refractivity contribution < 1.29 is 0 Å². The molecule has 7 aromatic carbocycles. The van der Waals surface area contributed by atoms with Crippen LogP contribution in [-0.4, -0.2) is 19.9 Å². The predicted molar refractivity (Wildman–Crippen MR) is 215 cm³/mol. The highest BCUT2D eigenvalue weighted by Gasteiger charge is 2.15. The van der Waals surface area contributed by atoms with Gasteiger partial charge in [0.15, 0.2) is 5.82 Å². The molecule has 0 aliphatic heterocycles. The van der Waals surface area contributed by atoms with E-state index in [1.54, 1.807) is 0 Å². The minimum Gasteiger partial charge on any atom is -0.254 e. The van der Waals surface area contributed by atoms with Gasteiger partial charge in [-0.1, -0.05) is 133 Å². The number of aromatic nitrogens is 4. The highest BCUT2D eigenvalue weighted by atomic mass is 14.9. The SMILES string of the molecule is c1ccc(-c2cc(-c3cc(-c4ccc5cc(-c6ccc7ccc8cccnc8c7n6)ccc5c4)nc(-c4ccccc4)n3)c3ccccc3c2)cc1. The normalized spacial score (nSPS) is 11.5. The first-order chi connectivity index (χ1) is 25.7. The summed E-state index contributed by atoms with van der Waals surface area (Å²) in [6, 6.07) is 61.6. The van der Waals surface area contributed by atoms with Gasteiger partial charge in [-0.25, -0.2) is 15.0 Å². The molecule has 242 valence electrons. The molecule has 3 aromatic heterocycles. The zero-order chi connectivity index (χ0) is 34.4. The Morgan fingerprint density at radius 2 is 0.904 bits per heavy atom. The zero-order valence-corrected chi connectivity index (χ0v) is 28.1. The van der Waals surface area contributed by atoms with E-state index in [1.807, 2.05) is 30.5 Å². The average Bonchev–Trinajstić information content (AvgIpc) is 3.23. The summed E-state index contributed by atoms with van der Waals surface area (Å²) in [5.74, 6) is 0.696. The third-order valence-corrected chi connectivity index (χ3v) is 9.87. The number of pyridine rings is 2. The molecule has 0 bridgehead atoms. The molecule has 4 heteroatoms. The Labute approximate surface area is 300 Å². The number of rotatable bonds is 5. The molecule has 0 fully saturated rings. The Hall–Kier alpha value is -7.04. The Kier molecular flexibility index (Phi) is 7.10. The third kappa shape index (κ3) is 5.34. The second-order valence-corrected chi connectivity index (χ2v) is 13.1. The summed E-state index contributed by atoms with van der Waals surface area (Å²) in [5.41, 5.74) is 11.0. The maximum absolute atomic E-state index is 5.21. The average molecular weight is 663 g/mol. The minimum absolute atomic E-state index is 0.696. The summed E-state index contributed by atoms with van der Waals surface area (Å²) < 4.78 is 0. The van der Waals surface area contributed by atoms with E-state index in [-0.39, 0.29) is 0 Å². The molecule has 10 aromatic rings. The molecular formula is C48H30N4. The van der Waals surface area contributed by atoms with Crippen molar-refractivity contribution in [1.82, 2.24) is 19.9 Å². The van der Waals surface area contributed by atoms with Gasteiger partial charge in [-0.05, 0) is 75.1 Å². The van der Waals surface area contributed by atoms with Crippen LogP contribution in [0.5, 0.6) is 0 Å². The summed E-state index contributed by atoms with van der Waals surface area (Å²) in [4.78, 5) is 20.1. The smallest absolute Gasteiger partial charge is 0.160 e. The molecular weight excluding hydrogens is 633 g/mol. The molecule has 0 amide bonds. The lowest BCUT2D eigenvalue weighted by Crippen LogP contribution is -1.97. The van der Waals surface area contributed by atoms with Crippen molar-refractivity contribution in [2.75, 3.05) is 0 Å². The summed E-state index contributed by atoms with van der Waals surface area (Å²) in [7, 11) is 0. The lowest BCUT2D eigenvalue weighted by Gasteiger charge is -2.14. The molecule has 0 radical (unpaired) electrons. The molecule has 0 unspecified atom stereocenters. The molecule has 4 nitrogen and oxygen atoms in total. The summed E-state index contributed by atoms with van der Waals surface area (Å²) in [6.07, 6.45) is 1.83. The maximum Gasteiger partial charge on any atom is 0.160 e. The maximum atomic E-state index is 5.21. The third-order valence-electron chi connectivity index (χ3n) is 9.87. The lowest BCUT2D eigenvalue weighted by atomic mass is 9.94. The minimum atomic E-state index is 0.696.